The van der Waals surface area contributed by atoms with Gasteiger partial charge in [0.25, 0.3) is 0 Å². The zero-order valence-electron chi connectivity index (χ0n) is 12.8. The molecule has 0 spiro atoms. The largest absolute Gasteiger partial charge is 0.433 e. The van der Waals surface area contributed by atoms with Crippen LogP contribution in [0.5, 0.6) is 0 Å². The van der Waals surface area contributed by atoms with Crippen molar-refractivity contribution in [3.8, 4) is 16.4 Å². The summed E-state index contributed by atoms with van der Waals surface area (Å²) in [6.07, 6.45) is -4.61. The van der Waals surface area contributed by atoms with E-state index in [0.717, 1.165) is 26.6 Å². The molecule has 0 N–H and O–H groups in total. The average molecular weight is 442 g/mol. The smallest absolute Gasteiger partial charge is 0.218 e. The molecule has 132 valence electrons. The molecule has 0 saturated carbocycles. The molecular formula is C17H8BrF4N3S. The van der Waals surface area contributed by atoms with Gasteiger partial charge in [-0.25, -0.2) is 14.1 Å². The van der Waals surface area contributed by atoms with E-state index < -0.39 is 17.7 Å². The van der Waals surface area contributed by atoms with Gasteiger partial charge >= 0.3 is 6.18 Å². The fourth-order valence-electron chi connectivity index (χ4n) is 2.47. The second-order valence-corrected chi connectivity index (χ2v) is 7.36. The highest BCUT2D eigenvalue weighted by molar-refractivity contribution is 9.10. The van der Waals surface area contributed by atoms with Crippen LogP contribution in [0.2, 0.25) is 0 Å². The van der Waals surface area contributed by atoms with Crippen molar-refractivity contribution in [1.29, 1.82) is 0 Å². The predicted octanol–water partition coefficient (Wildman–Crippen LogP) is 6.07. The first kappa shape index (κ1) is 17.2. The molecule has 26 heavy (non-hydrogen) atoms. The standard InChI is InChI=1S/C17H8BrF4N3S/c18-10-3-1-9(2-4-10)13-8-15(17(20,21)22)25(24-13)16-23-12-6-5-11(19)7-14(12)26-16/h1-8H. The lowest BCUT2D eigenvalue weighted by Gasteiger charge is -2.06. The van der Waals surface area contributed by atoms with Gasteiger partial charge in [-0.3, -0.25) is 0 Å². The molecule has 0 unspecified atom stereocenters. The van der Waals surface area contributed by atoms with Crippen LogP contribution in [-0.4, -0.2) is 14.8 Å². The van der Waals surface area contributed by atoms with E-state index in [1.54, 1.807) is 24.3 Å². The summed E-state index contributed by atoms with van der Waals surface area (Å²) < 4.78 is 55.9. The minimum atomic E-state index is -4.61. The fraction of sp³-hybridized carbons (Fsp3) is 0.0588. The van der Waals surface area contributed by atoms with Gasteiger partial charge in [-0.2, -0.15) is 18.3 Å². The molecule has 0 atom stereocenters. The van der Waals surface area contributed by atoms with Crippen molar-refractivity contribution in [2.75, 3.05) is 0 Å². The van der Waals surface area contributed by atoms with Gasteiger partial charge in [-0.1, -0.05) is 39.4 Å². The maximum absolute atomic E-state index is 13.5. The molecule has 0 radical (unpaired) electrons. The van der Waals surface area contributed by atoms with E-state index in [0.29, 0.717) is 15.8 Å². The molecule has 0 aliphatic carbocycles. The van der Waals surface area contributed by atoms with Crippen LogP contribution in [0.25, 0.3) is 26.6 Å². The van der Waals surface area contributed by atoms with Crippen LogP contribution in [0.3, 0.4) is 0 Å². The highest BCUT2D eigenvalue weighted by atomic mass is 79.9. The van der Waals surface area contributed by atoms with Gasteiger partial charge in [0, 0.05) is 10.0 Å². The van der Waals surface area contributed by atoms with Gasteiger partial charge in [0.1, 0.15) is 5.82 Å². The minimum Gasteiger partial charge on any atom is -0.218 e. The highest BCUT2D eigenvalue weighted by Crippen LogP contribution is 2.36. The fourth-order valence-corrected chi connectivity index (χ4v) is 3.69. The third kappa shape index (κ3) is 3.12. The number of hydrogen-bond acceptors (Lipinski definition) is 3. The Kier molecular flexibility index (Phi) is 4.07. The maximum atomic E-state index is 13.5. The molecule has 9 heteroatoms. The first-order valence-electron chi connectivity index (χ1n) is 7.31. The Morgan fingerprint density at radius 1 is 1.00 bits per heavy atom. The Hall–Kier alpha value is -2.26. The number of nitrogens with zero attached hydrogens (tertiary/aromatic N) is 3. The molecule has 2 aromatic carbocycles. The van der Waals surface area contributed by atoms with E-state index in [1.165, 1.54) is 18.2 Å². The van der Waals surface area contributed by atoms with Crippen LogP contribution >= 0.6 is 27.3 Å². The topological polar surface area (TPSA) is 30.7 Å². The van der Waals surface area contributed by atoms with Crippen molar-refractivity contribution >= 4 is 37.5 Å². The molecule has 0 fully saturated rings. The quantitative estimate of drug-likeness (QED) is 0.353. The monoisotopic (exact) mass is 441 g/mol. The summed E-state index contributed by atoms with van der Waals surface area (Å²) in [5, 5.41) is 4.13. The molecule has 3 nitrogen and oxygen atoms in total. The van der Waals surface area contributed by atoms with Gasteiger partial charge in [0.05, 0.1) is 15.9 Å². The van der Waals surface area contributed by atoms with Crippen LogP contribution in [-0.2, 0) is 6.18 Å². The number of benzene rings is 2. The third-order valence-corrected chi connectivity index (χ3v) is 5.18. The van der Waals surface area contributed by atoms with Crippen LogP contribution in [0.1, 0.15) is 5.69 Å². The van der Waals surface area contributed by atoms with Gasteiger partial charge < -0.3 is 0 Å². The average Bonchev–Trinajstić information content (AvgIpc) is 3.18. The maximum Gasteiger partial charge on any atom is 0.433 e. The normalized spacial score (nSPS) is 12.0. The van der Waals surface area contributed by atoms with Gasteiger partial charge in [-0.15, -0.1) is 0 Å². The number of halogens is 5. The summed E-state index contributed by atoms with van der Waals surface area (Å²) in [6, 6.07) is 11.7. The number of alkyl halides is 3. The Labute approximate surface area is 157 Å². The molecule has 0 aliphatic rings. The van der Waals surface area contributed by atoms with E-state index in [2.05, 4.69) is 26.0 Å². The second kappa shape index (κ2) is 6.17. The van der Waals surface area contributed by atoms with E-state index in [1.807, 2.05) is 0 Å². The number of aromatic nitrogens is 3. The summed E-state index contributed by atoms with van der Waals surface area (Å²) in [7, 11) is 0. The van der Waals surface area contributed by atoms with E-state index in [-0.39, 0.29) is 10.8 Å². The molecule has 0 saturated heterocycles. The summed E-state index contributed by atoms with van der Waals surface area (Å²) >= 11 is 4.23. The zero-order chi connectivity index (χ0) is 18.5. The van der Waals surface area contributed by atoms with Gasteiger partial charge in [-0.05, 0) is 36.4 Å². The van der Waals surface area contributed by atoms with Crippen molar-refractivity contribution < 1.29 is 17.6 Å². The summed E-state index contributed by atoms with van der Waals surface area (Å²) in [5.74, 6) is -0.472. The number of rotatable bonds is 2. The van der Waals surface area contributed by atoms with E-state index in [4.69, 9.17) is 0 Å². The minimum absolute atomic E-state index is 0.0290. The number of thiazole rings is 1. The number of hydrogen-bond donors (Lipinski definition) is 0. The Morgan fingerprint density at radius 3 is 2.42 bits per heavy atom. The van der Waals surface area contributed by atoms with Crippen molar-refractivity contribution in [2.45, 2.75) is 6.18 Å². The molecule has 2 aromatic heterocycles. The Balaban J connectivity index is 1.89. The van der Waals surface area contributed by atoms with Crippen LogP contribution in [0, 0.1) is 5.82 Å². The predicted molar refractivity (Wildman–Crippen MR) is 94.8 cm³/mol. The van der Waals surface area contributed by atoms with Crippen LogP contribution in [0.4, 0.5) is 17.6 Å². The van der Waals surface area contributed by atoms with Crippen molar-refractivity contribution in [1.82, 2.24) is 14.8 Å². The lowest BCUT2D eigenvalue weighted by Crippen LogP contribution is -2.12. The molecular weight excluding hydrogens is 434 g/mol. The summed E-state index contributed by atoms with van der Waals surface area (Å²) in [5.41, 5.74) is 0.204. The molecule has 0 bridgehead atoms. The second-order valence-electron chi connectivity index (χ2n) is 5.44. The van der Waals surface area contributed by atoms with E-state index in [9.17, 15) is 17.6 Å². The molecule has 0 amide bonds. The lowest BCUT2D eigenvalue weighted by molar-refractivity contribution is -0.142. The molecule has 2 heterocycles. The van der Waals surface area contributed by atoms with Crippen molar-refractivity contribution in [3.63, 3.8) is 0 Å². The van der Waals surface area contributed by atoms with E-state index >= 15 is 0 Å². The van der Waals surface area contributed by atoms with Gasteiger partial charge in [0.15, 0.2) is 5.69 Å². The first-order valence-corrected chi connectivity index (χ1v) is 8.92. The Bertz CT molecular complexity index is 1100. The molecule has 4 aromatic rings. The van der Waals surface area contributed by atoms with Crippen LogP contribution in [0.15, 0.2) is 53.0 Å². The first-order chi connectivity index (χ1) is 12.3. The molecule has 0 aliphatic heterocycles. The number of fused-ring (bicyclic) bond motifs is 1. The van der Waals surface area contributed by atoms with Crippen LogP contribution < -0.4 is 0 Å². The van der Waals surface area contributed by atoms with Gasteiger partial charge in [0.2, 0.25) is 5.13 Å². The lowest BCUT2D eigenvalue weighted by atomic mass is 10.1. The zero-order valence-corrected chi connectivity index (χ0v) is 15.2. The summed E-state index contributed by atoms with van der Waals surface area (Å²) in [4.78, 5) is 4.16. The highest BCUT2D eigenvalue weighted by Gasteiger charge is 2.37. The summed E-state index contributed by atoms with van der Waals surface area (Å²) in [6.45, 7) is 0. The SMILES string of the molecule is Fc1ccc2nc(-n3nc(-c4ccc(Br)cc4)cc3C(F)(F)F)sc2c1. The molecule has 4 rings (SSSR count). The van der Waals surface area contributed by atoms with Crippen molar-refractivity contribution in [2.24, 2.45) is 0 Å². The Morgan fingerprint density at radius 2 is 1.73 bits per heavy atom. The van der Waals surface area contributed by atoms with Crippen molar-refractivity contribution in [3.05, 3.63) is 64.5 Å². The third-order valence-electron chi connectivity index (χ3n) is 3.66.